The van der Waals surface area contributed by atoms with Crippen LogP contribution in [-0.4, -0.2) is 36.5 Å². The monoisotopic (exact) mass is 441 g/mol. The van der Waals surface area contributed by atoms with E-state index in [1.807, 2.05) is 83.9 Å². The minimum absolute atomic E-state index is 0.575. The molecule has 5 rings (SSSR count). The van der Waals surface area contributed by atoms with Crippen molar-refractivity contribution in [3.8, 4) is 11.4 Å². The van der Waals surface area contributed by atoms with E-state index in [0.717, 1.165) is 46.9 Å². The Morgan fingerprint density at radius 2 is 1.91 bits per heavy atom. The molecule has 7 nitrogen and oxygen atoms in total. The maximum atomic E-state index is 11.5. The number of imidazole rings is 1. The lowest BCUT2D eigenvalue weighted by atomic mass is 9.86. The highest BCUT2D eigenvalue weighted by molar-refractivity contribution is 5.69. The maximum Gasteiger partial charge on any atom is 0.174 e. The summed E-state index contributed by atoms with van der Waals surface area (Å²) in [6, 6.07) is 14.0. The predicted molar refractivity (Wildman–Crippen MR) is 127 cm³/mol. The highest BCUT2D eigenvalue weighted by Gasteiger charge is 2.39. The summed E-state index contributed by atoms with van der Waals surface area (Å²) >= 11 is 0. The molecule has 0 bridgehead atoms. The van der Waals surface area contributed by atoms with Crippen molar-refractivity contribution in [3.05, 3.63) is 89.0 Å². The Morgan fingerprint density at radius 1 is 1.09 bits per heavy atom. The highest BCUT2D eigenvalue weighted by Crippen LogP contribution is 2.36. The van der Waals surface area contributed by atoms with Crippen molar-refractivity contribution in [1.29, 1.82) is 0 Å². The zero-order chi connectivity index (χ0) is 23.0. The van der Waals surface area contributed by atoms with Gasteiger partial charge in [0.25, 0.3) is 0 Å². The van der Waals surface area contributed by atoms with Crippen molar-refractivity contribution in [2.24, 2.45) is 0 Å². The summed E-state index contributed by atoms with van der Waals surface area (Å²) in [5.41, 5.74) is 2.79. The van der Waals surface area contributed by atoms with Crippen molar-refractivity contribution in [1.82, 2.24) is 24.3 Å². The molecule has 168 valence electrons. The van der Waals surface area contributed by atoms with E-state index in [9.17, 15) is 5.11 Å². The Balaban J connectivity index is 1.44. The molecule has 0 spiro atoms. The number of ether oxygens (including phenoxy) is 1. The number of methoxy groups -OCH3 is 1. The lowest BCUT2D eigenvalue weighted by Gasteiger charge is -2.31. The number of nitrogens with zero attached hydrogens (tertiary/aromatic N) is 5. The van der Waals surface area contributed by atoms with Crippen LogP contribution in [-0.2, 0) is 12.1 Å². The first-order valence-corrected chi connectivity index (χ1v) is 11.1. The Morgan fingerprint density at radius 3 is 2.64 bits per heavy atom. The van der Waals surface area contributed by atoms with Crippen molar-refractivity contribution >= 4 is 12.2 Å². The number of hydrogen-bond donors (Lipinski definition) is 1. The molecule has 0 saturated heterocycles. The molecule has 7 heteroatoms. The van der Waals surface area contributed by atoms with Gasteiger partial charge in [0.1, 0.15) is 17.2 Å². The molecule has 33 heavy (non-hydrogen) atoms. The molecule has 1 N–H and O–H groups in total. The Labute approximate surface area is 193 Å². The van der Waals surface area contributed by atoms with E-state index in [2.05, 4.69) is 10.1 Å². The minimum Gasteiger partial charge on any atom is -0.495 e. The molecule has 0 aliphatic carbocycles. The van der Waals surface area contributed by atoms with Gasteiger partial charge in [-0.05, 0) is 56.0 Å². The molecule has 4 aromatic rings. The summed E-state index contributed by atoms with van der Waals surface area (Å²) in [5.74, 6) is 2.82. The van der Waals surface area contributed by atoms with Crippen LogP contribution in [0.25, 0.3) is 17.8 Å². The van der Waals surface area contributed by atoms with Crippen molar-refractivity contribution < 1.29 is 9.84 Å². The van der Waals surface area contributed by atoms with Gasteiger partial charge in [-0.15, -0.1) is 0 Å². The van der Waals surface area contributed by atoms with E-state index in [1.54, 1.807) is 13.3 Å². The normalized spacial score (nSPS) is 17.9. The molecule has 1 unspecified atom stereocenters. The van der Waals surface area contributed by atoms with Crippen molar-refractivity contribution in [2.45, 2.75) is 38.8 Å². The van der Waals surface area contributed by atoms with Crippen LogP contribution < -0.4 is 4.74 Å². The van der Waals surface area contributed by atoms with Gasteiger partial charge in [0.15, 0.2) is 11.6 Å². The molecular formula is C26H27N5O2. The summed E-state index contributed by atoms with van der Waals surface area (Å²) in [6.45, 7) is 4.74. The van der Waals surface area contributed by atoms with E-state index in [-0.39, 0.29) is 0 Å². The smallest absolute Gasteiger partial charge is 0.174 e. The summed E-state index contributed by atoms with van der Waals surface area (Å²) < 4.78 is 9.43. The lowest BCUT2D eigenvalue weighted by Crippen LogP contribution is -2.35. The van der Waals surface area contributed by atoms with Crippen LogP contribution in [0.15, 0.2) is 54.9 Å². The van der Waals surface area contributed by atoms with Gasteiger partial charge in [-0.1, -0.05) is 42.0 Å². The van der Waals surface area contributed by atoms with Crippen LogP contribution >= 0.6 is 0 Å². The van der Waals surface area contributed by atoms with E-state index >= 15 is 0 Å². The Kier molecular flexibility index (Phi) is 5.34. The molecule has 0 fully saturated rings. The molecular weight excluding hydrogens is 414 g/mol. The third kappa shape index (κ3) is 3.85. The topological polar surface area (TPSA) is 78.0 Å². The molecule has 1 aliphatic rings. The van der Waals surface area contributed by atoms with Crippen LogP contribution in [0.4, 0.5) is 0 Å². The minimum atomic E-state index is -1.13. The highest BCUT2D eigenvalue weighted by atomic mass is 16.5. The molecule has 1 atom stereocenters. The predicted octanol–water partition coefficient (Wildman–Crippen LogP) is 4.29. The van der Waals surface area contributed by atoms with Crippen LogP contribution in [0, 0.1) is 13.8 Å². The number of aryl methyl sites for hydroxylation is 3. The fraction of sp³-hybridized carbons (Fsp3) is 0.269. The molecule has 3 heterocycles. The lowest BCUT2D eigenvalue weighted by molar-refractivity contribution is 0.0395. The van der Waals surface area contributed by atoms with E-state index < -0.39 is 5.60 Å². The largest absolute Gasteiger partial charge is 0.495 e. The number of fused-ring (bicyclic) bond motifs is 1. The first-order chi connectivity index (χ1) is 16.0. The fourth-order valence-corrected chi connectivity index (χ4v) is 4.39. The van der Waals surface area contributed by atoms with Gasteiger partial charge in [0.05, 0.1) is 12.8 Å². The van der Waals surface area contributed by atoms with E-state index in [1.165, 1.54) is 0 Å². The van der Waals surface area contributed by atoms with Gasteiger partial charge < -0.3 is 14.4 Å². The van der Waals surface area contributed by atoms with E-state index in [0.29, 0.717) is 18.1 Å². The standard InChI is InChI=1S/C26H27N5O2/c1-18-5-9-21(10-6-18)26(32)13-4-15-31-25(26)28-24(29-31)12-8-20-7-11-22(23(17-20)33-3)30-16-14-27-19(30)2/h5-12,14,16-17,32H,4,13,15H2,1-3H3/b12-8+. The van der Waals surface area contributed by atoms with E-state index in [4.69, 9.17) is 9.72 Å². The van der Waals surface area contributed by atoms with Crippen molar-refractivity contribution in [3.63, 3.8) is 0 Å². The molecule has 0 amide bonds. The Bertz CT molecular complexity index is 1320. The zero-order valence-corrected chi connectivity index (χ0v) is 19.1. The first kappa shape index (κ1) is 21.2. The summed E-state index contributed by atoms with van der Waals surface area (Å²) in [7, 11) is 1.66. The van der Waals surface area contributed by atoms with Crippen LogP contribution in [0.2, 0.25) is 0 Å². The van der Waals surface area contributed by atoms with Gasteiger partial charge in [0.2, 0.25) is 0 Å². The fourth-order valence-electron chi connectivity index (χ4n) is 4.39. The summed E-state index contributed by atoms with van der Waals surface area (Å²) in [6.07, 6.45) is 8.99. The third-order valence-electron chi connectivity index (χ3n) is 6.21. The van der Waals surface area contributed by atoms with Gasteiger partial charge in [-0.25, -0.2) is 14.6 Å². The zero-order valence-electron chi connectivity index (χ0n) is 19.1. The van der Waals surface area contributed by atoms with Gasteiger partial charge in [-0.2, -0.15) is 5.10 Å². The second-order valence-corrected chi connectivity index (χ2v) is 8.46. The molecule has 2 aromatic heterocycles. The quantitative estimate of drug-likeness (QED) is 0.500. The van der Waals surface area contributed by atoms with Crippen LogP contribution in [0.5, 0.6) is 5.75 Å². The summed E-state index contributed by atoms with van der Waals surface area (Å²) in [4.78, 5) is 8.99. The summed E-state index contributed by atoms with van der Waals surface area (Å²) in [5, 5.41) is 16.2. The van der Waals surface area contributed by atoms with Crippen molar-refractivity contribution in [2.75, 3.05) is 7.11 Å². The number of hydrogen-bond acceptors (Lipinski definition) is 5. The Hall–Kier alpha value is -3.71. The maximum absolute atomic E-state index is 11.5. The first-order valence-electron chi connectivity index (χ1n) is 11.1. The molecule has 0 radical (unpaired) electrons. The molecule has 1 aliphatic heterocycles. The van der Waals surface area contributed by atoms with Gasteiger partial charge in [0, 0.05) is 18.9 Å². The van der Waals surface area contributed by atoms with Gasteiger partial charge in [-0.3, -0.25) is 0 Å². The van der Waals surface area contributed by atoms with Crippen LogP contribution in [0.1, 0.15) is 47.0 Å². The van der Waals surface area contributed by atoms with Crippen LogP contribution in [0.3, 0.4) is 0 Å². The second-order valence-electron chi connectivity index (χ2n) is 8.46. The second kappa shape index (κ2) is 8.33. The number of aromatic nitrogens is 5. The average Bonchev–Trinajstić information content (AvgIpc) is 3.44. The average molecular weight is 442 g/mol. The number of rotatable bonds is 5. The third-order valence-corrected chi connectivity index (χ3v) is 6.21. The van der Waals surface area contributed by atoms with Gasteiger partial charge >= 0.3 is 0 Å². The molecule has 0 saturated carbocycles. The molecule has 2 aromatic carbocycles. The number of benzene rings is 2. The number of aliphatic hydroxyl groups is 1. The SMILES string of the molecule is COc1cc(/C=C/c2nc3n(n2)CCCC3(O)c2ccc(C)cc2)ccc1-n1ccnc1C.